The van der Waals surface area contributed by atoms with E-state index in [-0.39, 0.29) is 13.0 Å². The van der Waals surface area contributed by atoms with Crippen molar-refractivity contribution >= 4 is 23.5 Å². The molecule has 0 bridgehead atoms. The van der Waals surface area contributed by atoms with Crippen LogP contribution in [0, 0.1) is 5.92 Å². The minimum atomic E-state index is -1.08. The first-order valence-corrected chi connectivity index (χ1v) is 10.2. The van der Waals surface area contributed by atoms with Gasteiger partial charge in [-0.05, 0) is 17.2 Å². The second-order valence-electron chi connectivity index (χ2n) is 7.82. The van der Waals surface area contributed by atoms with Gasteiger partial charge < -0.3 is 15.1 Å². The van der Waals surface area contributed by atoms with Crippen LogP contribution < -0.4 is 0 Å². The number of piperazine rings is 1. The molecule has 2 heterocycles. The molecule has 156 valence electrons. The Hall–Kier alpha value is -3.19. The van der Waals surface area contributed by atoms with Crippen molar-refractivity contribution in [3.63, 3.8) is 0 Å². The second-order valence-corrected chi connectivity index (χ2v) is 7.82. The van der Waals surface area contributed by atoms with Crippen molar-refractivity contribution in [3.8, 4) is 0 Å². The molecule has 7 nitrogen and oxygen atoms in total. The summed E-state index contributed by atoms with van der Waals surface area (Å²) in [4.78, 5) is 31.7. The number of fused-ring (bicyclic) bond motifs is 2. The Morgan fingerprint density at radius 3 is 2.30 bits per heavy atom. The van der Waals surface area contributed by atoms with Crippen molar-refractivity contribution in [1.82, 2.24) is 9.80 Å². The number of carbonyl (C=O) groups is 2. The first-order chi connectivity index (χ1) is 14.5. The quantitative estimate of drug-likeness (QED) is 0.791. The van der Waals surface area contributed by atoms with Gasteiger partial charge in [-0.2, -0.15) is 0 Å². The highest BCUT2D eigenvalue weighted by Crippen LogP contribution is 2.29. The number of hydrogen-bond donors (Lipinski definition) is 2. The Morgan fingerprint density at radius 2 is 1.60 bits per heavy atom. The number of aliphatic carboxylic acids is 2. The summed E-state index contributed by atoms with van der Waals surface area (Å²) in [5.41, 5.74) is 4.57. The SMILES string of the molecule is O=C(O)CC(CN1CCN(C2=Nc3ccccc3Cc3ccccc32)CC1)C(=O)O. The lowest BCUT2D eigenvalue weighted by atomic mass is 9.99. The average Bonchev–Trinajstić information content (AvgIpc) is 2.90. The van der Waals surface area contributed by atoms with Crippen molar-refractivity contribution < 1.29 is 19.8 Å². The zero-order valence-corrected chi connectivity index (χ0v) is 16.7. The van der Waals surface area contributed by atoms with Crippen molar-refractivity contribution in [2.45, 2.75) is 12.8 Å². The highest BCUT2D eigenvalue weighted by Gasteiger charge is 2.28. The lowest BCUT2D eigenvalue weighted by molar-refractivity contribution is -0.149. The lowest BCUT2D eigenvalue weighted by Gasteiger charge is -2.37. The molecule has 2 aliphatic heterocycles. The largest absolute Gasteiger partial charge is 0.481 e. The van der Waals surface area contributed by atoms with Gasteiger partial charge in [0.15, 0.2) is 0 Å². The Labute approximate surface area is 175 Å². The maximum Gasteiger partial charge on any atom is 0.308 e. The average molecular weight is 407 g/mol. The van der Waals surface area contributed by atoms with Crippen LogP contribution in [0.25, 0.3) is 0 Å². The molecule has 0 amide bonds. The Balaban J connectivity index is 1.52. The second kappa shape index (κ2) is 8.67. The molecule has 30 heavy (non-hydrogen) atoms. The van der Waals surface area contributed by atoms with Crippen LogP contribution in [-0.4, -0.2) is 70.5 Å². The van der Waals surface area contributed by atoms with E-state index in [9.17, 15) is 14.7 Å². The molecular weight excluding hydrogens is 382 g/mol. The molecule has 2 aromatic rings. The van der Waals surface area contributed by atoms with E-state index in [2.05, 4.69) is 29.2 Å². The molecule has 0 aromatic heterocycles. The van der Waals surface area contributed by atoms with Crippen LogP contribution in [-0.2, 0) is 16.0 Å². The van der Waals surface area contributed by atoms with E-state index >= 15 is 0 Å². The molecule has 1 unspecified atom stereocenters. The number of hydrogen-bond acceptors (Lipinski definition) is 5. The van der Waals surface area contributed by atoms with Gasteiger partial charge in [-0.3, -0.25) is 14.5 Å². The van der Waals surface area contributed by atoms with Crippen LogP contribution in [0.4, 0.5) is 5.69 Å². The monoisotopic (exact) mass is 407 g/mol. The number of carboxylic acid groups (broad SMARTS) is 2. The van der Waals surface area contributed by atoms with Crippen LogP contribution >= 0.6 is 0 Å². The predicted octanol–water partition coefficient (Wildman–Crippen LogP) is 2.46. The normalized spacial score (nSPS) is 17.3. The fourth-order valence-electron chi connectivity index (χ4n) is 4.18. The molecule has 1 fully saturated rings. The fourth-order valence-corrected chi connectivity index (χ4v) is 4.18. The minimum absolute atomic E-state index is 0.251. The standard InChI is InChI=1S/C23H25N3O4/c27-21(28)14-18(23(29)30)15-25-9-11-26(12-10-25)22-19-7-3-1-5-16(19)13-17-6-2-4-8-20(17)24-22/h1-8,18H,9-15H2,(H,27,28)(H,29,30). The zero-order valence-electron chi connectivity index (χ0n) is 16.7. The number of para-hydroxylation sites is 1. The van der Waals surface area contributed by atoms with Gasteiger partial charge in [0, 0.05) is 44.7 Å². The number of benzene rings is 2. The third kappa shape index (κ3) is 4.36. The number of aliphatic imine (C=N–C) groups is 1. The van der Waals surface area contributed by atoms with E-state index in [4.69, 9.17) is 10.1 Å². The Kier molecular flexibility index (Phi) is 5.81. The number of carboxylic acids is 2. The van der Waals surface area contributed by atoms with Crippen molar-refractivity contribution in [3.05, 3.63) is 65.2 Å². The maximum atomic E-state index is 11.4. The first-order valence-electron chi connectivity index (χ1n) is 10.2. The molecule has 1 atom stereocenters. The van der Waals surface area contributed by atoms with Gasteiger partial charge in [-0.15, -0.1) is 0 Å². The van der Waals surface area contributed by atoms with E-state index in [0.717, 1.165) is 36.6 Å². The fraction of sp³-hybridized carbons (Fsp3) is 0.348. The van der Waals surface area contributed by atoms with Crippen LogP contribution in [0.2, 0.25) is 0 Å². The van der Waals surface area contributed by atoms with Gasteiger partial charge in [-0.25, -0.2) is 4.99 Å². The molecule has 1 saturated heterocycles. The molecule has 0 saturated carbocycles. The summed E-state index contributed by atoms with van der Waals surface area (Å²) in [6.07, 6.45) is 0.487. The first kappa shape index (κ1) is 20.1. The highest BCUT2D eigenvalue weighted by molar-refractivity contribution is 6.02. The summed E-state index contributed by atoms with van der Waals surface area (Å²) in [5, 5.41) is 18.3. The summed E-state index contributed by atoms with van der Waals surface area (Å²) in [5.74, 6) is -2.07. The molecule has 0 aliphatic carbocycles. The molecule has 7 heteroatoms. The third-order valence-electron chi connectivity index (χ3n) is 5.78. The van der Waals surface area contributed by atoms with Crippen LogP contribution in [0.5, 0.6) is 0 Å². The molecule has 2 N–H and O–H groups in total. The van der Waals surface area contributed by atoms with E-state index in [0.29, 0.717) is 13.1 Å². The van der Waals surface area contributed by atoms with E-state index in [1.807, 2.05) is 29.2 Å². The summed E-state index contributed by atoms with van der Waals surface area (Å²) in [6.45, 7) is 3.03. The predicted molar refractivity (Wildman–Crippen MR) is 113 cm³/mol. The van der Waals surface area contributed by atoms with Gasteiger partial charge >= 0.3 is 11.9 Å². The molecular formula is C23H25N3O4. The van der Waals surface area contributed by atoms with E-state index < -0.39 is 17.9 Å². The molecule has 0 radical (unpaired) electrons. The van der Waals surface area contributed by atoms with Gasteiger partial charge in [0.25, 0.3) is 0 Å². The molecule has 2 aromatic carbocycles. The van der Waals surface area contributed by atoms with Crippen LogP contribution in [0.3, 0.4) is 0 Å². The summed E-state index contributed by atoms with van der Waals surface area (Å²) >= 11 is 0. The maximum absolute atomic E-state index is 11.4. The minimum Gasteiger partial charge on any atom is -0.481 e. The van der Waals surface area contributed by atoms with Crippen molar-refractivity contribution in [2.24, 2.45) is 10.9 Å². The summed E-state index contributed by atoms with van der Waals surface area (Å²) in [7, 11) is 0. The van der Waals surface area contributed by atoms with Crippen molar-refractivity contribution in [1.29, 1.82) is 0 Å². The topological polar surface area (TPSA) is 93.4 Å². The number of nitrogens with zero attached hydrogens (tertiary/aromatic N) is 3. The smallest absolute Gasteiger partial charge is 0.308 e. The molecule has 4 rings (SSSR count). The lowest BCUT2D eigenvalue weighted by Crippen LogP contribution is -2.50. The Morgan fingerprint density at radius 1 is 0.933 bits per heavy atom. The zero-order chi connectivity index (χ0) is 21.1. The van der Waals surface area contributed by atoms with Crippen molar-refractivity contribution in [2.75, 3.05) is 32.7 Å². The van der Waals surface area contributed by atoms with Crippen LogP contribution in [0.1, 0.15) is 23.1 Å². The number of amidine groups is 1. The molecule has 2 aliphatic rings. The van der Waals surface area contributed by atoms with E-state index in [1.165, 1.54) is 11.1 Å². The summed E-state index contributed by atoms with van der Waals surface area (Å²) in [6, 6.07) is 16.5. The van der Waals surface area contributed by atoms with Gasteiger partial charge in [0.2, 0.25) is 0 Å². The van der Waals surface area contributed by atoms with Gasteiger partial charge in [-0.1, -0.05) is 42.5 Å². The number of rotatable bonds is 5. The van der Waals surface area contributed by atoms with Gasteiger partial charge in [0.1, 0.15) is 5.84 Å². The van der Waals surface area contributed by atoms with Crippen LogP contribution in [0.15, 0.2) is 53.5 Å². The third-order valence-corrected chi connectivity index (χ3v) is 5.78. The van der Waals surface area contributed by atoms with Gasteiger partial charge in [0.05, 0.1) is 18.0 Å². The summed E-state index contributed by atoms with van der Waals surface area (Å²) < 4.78 is 0. The molecule has 0 spiro atoms. The highest BCUT2D eigenvalue weighted by atomic mass is 16.4. The Bertz CT molecular complexity index is 980. The van der Waals surface area contributed by atoms with E-state index in [1.54, 1.807) is 0 Å².